The highest BCUT2D eigenvalue weighted by Crippen LogP contribution is 2.37. The Morgan fingerprint density at radius 3 is 3.00 bits per heavy atom. The van der Waals surface area contributed by atoms with E-state index in [0.29, 0.717) is 6.04 Å². The Balaban J connectivity index is 1.86. The minimum atomic E-state index is -0.147. The van der Waals surface area contributed by atoms with Crippen LogP contribution in [0.15, 0.2) is 30.3 Å². The molecule has 0 radical (unpaired) electrons. The predicted molar refractivity (Wildman–Crippen MR) is 70.2 cm³/mol. The van der Waals surface area contributed by atoms with Crippen LogP contribution < -0.4 is 5.32 Å². The first-order valence-corrected chi connectivity index (χ1v) is 6.71. The standard InChI is InChI=1S/C14H14FNS/c1-2-11-4-6-14(17-11)13-8-9-7-10(15)3-5-12(9)16-13/h3-7,13,16H,2,8H2,1H3. The van der Waals surface area contributed by atoms with Crippen molar-refractivity contribution in [3.8, 4) is 0 Å². The van der Waals surface area contributed by atoms with Crippen molar-refractivity contribution in [3.63, 3.8) is 0 Å². The van der Waals surface area contributed by atoms with Crippen LogP contribution in [0.1, 0.15) is 28.3 Å². The summed E-state index contributed by atoms with van der Waals surface area (Å²) >= 11 is 1.85. The summed E-state index contributed by atoms with van der Waals surface area (Å²) < 4.78 is 13.1. The number of rotatable bonds is 2. The molecule has 1 aromatic heterocycles. The lowest BCUT2D eigenvalue weighted by Gasteiger charge is -2.08. The van der Waals surface area contributed by atoms with Gasteiger partial charge in [-0.15, -0.1) is 11.3 Å². The third-order valence-corrected chi connectivity index (χ3v) is 4.54. The molecule has 1 nitrogen and oxygen atoms in total. The molecule has 0 saturated carbocycles. The molecular weight excluding hydrogens is 233 g/mol. The number of halogens is 1. The van der Waals surface area contributed by atoms with Crippen LogP contribution in [0.2, 0.25) is 0 Å². The number of fused-ring (bicyclic) bond motifs is 1. The van der Waals surface area contributed by atoms with E-state index in [1.54, 1.807) is 6.07 Å². The van der Waals surface area contributed by atoms with Crippen molar-refractivity contribution in [1.82, 2.24) is 0 Å². The highest BCUT2D eigenvalue weighted by Gasteiger charge is 2.23. The molecule has 0 amide bonds. The second-order valence-electron chi connectivity index (χ2n) is 4.36. The van der Waals surface area contributed by atoms with Gasteiger partial charge in [0.25, 0.3) is 0 Å². The van der Waals surface area contributed by atoms with E-state index >= 15 is 0 Å². The van der Waals surface area contributed by atoms with Gasteiger partial charge >= 0.3 is 0 Å². The van der Waals surface area contributed by atoms with Crippen LogP contribution in [0.25, 0.3) is 0 Å². The molecule has 0 fully saturated rings. The van der Waals surface area contributed by atoms with Crippen molar-refractivity contribution in [3.05, 3.63) is 51.5 Å². The van der Waals surface area contributed by atoms with E-state index in [2.05, 4.69) is 24.4 Å². The second kappa shape index (κ2) is 4.15. The Morgan fingerprint density at radius 2 is 2.24 bits per heavy atom. The van der Waals surface area contributed by atoms with Gasteiger partial charge in [0.2, 0.25) is 0 Å². The quantitative estimate of drug-likeness (QED) is 0.840. The fraction of sp³-hybridized carbons (Fsp3) is 0.286. The van der Waals surface area contributed by atoms with E-state index in [4.69, 9.17) is 0 Å². The van der Waals surface area contributed by atoms with Crippen LogP contribution in [0.5, 0.6) is 0 Å². The van der Waals surface area contributed by atoms with Crippen LogP contribution in [0.3, 0.4) is 0 Å². The molecule has 17 heavy (non-hydrogen) atoms. The van der Waals surface area contributed by atoms with Gasteiger partial charge in [-0.1, -0.05) is 6.92 Å². The summed E-state index contributed by atoms with van der Waals surface area (Å²) in [7, 11) is 0. The summed E-state index contributed by atoms with van der Waals surface area (Å²) in [6.07, 6.45) is 1.97. The van der Waals surface area contributed by atoms with E-state index in [1.165, 1.54) is 15.8 Å². The second-order valence-corrected chi connectivity index (χ2v) is 5.56. The van der Waals surface area contributed by atoms with Crippen LogP contribution >= 0.6 is 11.3 Å². The fourth-order valence-corrected chi connectivity index (χ4v) is 3.28. The van der Waals surface area contributed by atoms with Gasteiger partial charge in [-0.3, -0.25) is 0 Å². The number of aryl methyl sites for hydroxylation is 1. The molecule has 3 heteroatoms. The average molecular weight is 247 g/mol. The molecule has 3 rings (SSSR count). The van der Waals surface area contributed by atoms with Crippen molar-refractivity contribution < 1.29 is 4.39 Å². The third kappa shape index (κ3) is 1.95. The SMILES string of the molecule is CCc1ccc(C2Cc3cc(F)ccc3N2)s1. The molecule has 1 N–H and O–H groups in total. The van der Waals surface area contributed by atoms with Crippen LogP contribution in [-0.4, -0.2) is 0 Å². The zero-order chi connectivity index (χ0) is 11.8. The number of benzene rings is 1. The maximum atomic E-state index is 13.1. The average Bonchev–Trinajstić information content (AvgIpc) is 2.93. The Kier molecular flexibility index (Phi) is 2.63. The fourth-order valence-electron chi connectivity index (χ4n) is 2.27. The summed E-state index contributed by atoms with van der Waals surface area (Å²) in [6, 6.07) is 9.67. The number of thiophene rings is 1. The predicted octanol–water partition coefficient (Wildman–Crippen LogP) is 4.16. The topological polar surface area (TPSA) is 12.0 Å². The van der Waals surface area contributed by atoms with E-state index in [0.717, 1.165) is 24.1 Å². The summed E-state index contributed by atoms with van der Waals surface area (Å²) in [5, 5.41) is 3.46. The van der Waals surface area contributed by atoms with Crippen molar-refractivity contribution >= 4 is 17.0 Å². The van der Waals surface area contributed by atoms with Crippen LogP contribution in [-0.2, 0) is 12.8 Å². The monoisotopic (exact) mass is 247 g/mol. The lowest BCUT2D eigenvalue weighted by atomic mass is 10.1. The molecule has 88 valence electrons. The third-order valence-electron chi connectivity index (χ3n) is 3.20. The number of anilines is 1. The molecule has 2 heterocycles. The lowest BCUT2D eigenvalue weighted by Crippen LogP contribution is -2.02. The molecule has 1 aliphatic heterocycles. The largest absolute Gasteiger partial charge is 0.377 e. The smallest absolute Gasteiger partial charge is 0.123 e. The Hall–Kier alpha value is -1.35. The van der Waals surface area contributed by atoms with Crippen molar-refractivity contribution in [2.24, 2.45) is 0 Å². The van der Waals surface area contributed by atoms with E-state index < -0.39 is 0 Å². The molecule has 0 aliphatic carbocycles. The molecule has 1 atom stereocenters. The van der Waals surface area contributed by atoms with Gasteiger partial charge in [0.15, 0.2) is 0 Å². The molecule has 0 spiro atoms. The molecule has 1 aromatic carbocycles. The van der Waals surface area contributed by atoms with Gasteiger partial charge in [-0.2, -0.15) is 0 Å². The van der Waals surface area contributed by atoms with Gasteiger partial charge < -0.3 is 5.32 Å². The van der Waals surface area contributed by atoms with Crippen molar-refractivity contribution in [2.75, 3.05) is 5.32 Å². The Bertz CT molecular complexity index is 547. The molecule has 0 saturated heterocycles. The summed E-state index contributed by atoms with van der Waals surface area (Å²) in [6.45, 7) is 2.17. The number of hydrogen-bond donors (Lipinski definition) is 1. The summed E-state index contributed by atoms with van der Waals surface area (Å²) in [5.74, 6) is -0.147. The first-order chi connectivity index (χ1) is 8.26. The van der Waals surface area contributed by atoms with Gasteiger partial charge in [-0.05, 0) is 48.7 Å². The van der Waals surface area contributed by atoms with E-state index in [9.17, 15) is 4.39 Å². The van der Waals surface area contributed by atoms with E-state index in [1.807, 2.05) is 17.4 Å². The highest BCUT2D eigenvalue weighted by atomic mass is 32.1. The van der Waals surface area contributed by atoms with Crippen molar-refractivity contribution in [1.29, 1.82) is 0 Å². The summed E-state index contributed by atoms with van der Waals surface area (Å²) in [5.41, 5.74) is 2.16. The zero-order valence-corrected chi connectivity index (χ0v) is 10.5. The molecule has 0 bridgehead atoms. The molecule has 1 unspecified atom stereocenters. The Labute approximate surface area is 104 Å². The Morgan fingerprint density at radius 1 is 1.35 bits per heavy atom. The summed E-state index contributed by atoms with van der Waals surface area (Å²) in [4.78, 5) is 2.75. The first kappa shape index (κ1) is 10.8. The lowest BCUT2D eigenvalue weighted by molar-refractivity contribution is 0.626. The minimum absolute atomic E-state index is 0.147. The van der Waals surface area contributed by atoms with Gasteiger partial charge in [0, 0.05) is 15.4 Å². The maximum Gasteiger partial charge on any atom is 0.123 e. The van der Waals surface area contributed by atoms with Gasteiger partial charge in [0.05, 0.1) is 6.04 Å². The van der Waals surface area contributed by atoms with Gasteiger partial charge in [0.1, 0.15) is 5.82 Å². The van der Waals surface area contributed by atoms with Crippen LogP contribution in [0, 0.1) is 5.82 Å². The van der Waals surface area contributed by atoms with Crippen LogP contribution in [0.4, 0.5) is 10.1 Å². The zero-order valence-electron chi connectivity index (χ0n) is 9.66. The highest BCUT2D eigenvalue weighted by molar-refractivity contribution is 7.12. The molecule has 2 aromatic rings. The van der Waals surface area contributed by atoms with Crippen molar-refractivity contribution in [2.45, 2.75) is 25.8 Å². The number of hydrogen-bond acceptors (Lipinski definition) is 2. The molecule has 1 aliphatic rings. The molecular formula is C14H14FNS. The minimum Gasteiger partial charge on any atom is -0.377 e. The van der Waals surface area contributed by atoms with Gasteiger partial charge in [-0.25, -0.2) is 4.39 Å². The normalized spacial score (nSPS) is 17.9. The first-order valence-electron chi connectivity index (χ1n) is 5.90. The number of nitrogens with one attached hydrogen (secondary N) is 1. The maximum absolute atomic E-state index is 13.1. The van der Waals surface area contributed by atoms with E-state index in [-0.39, 0.29) is 5.82 Å².